The fourth-order valence-corrected chi connectivity index (χ4v) is 2.62. The highest BCUT2D eigenvalue weighted by atomic mass is 35.5. The van der Waals surface area contributed by atoms with Gasteiger partial charge in [-0.3, -0.25) is 9.89 Å². The van der Waals surface area contributed by atoms with Crippen LogP contribution in [0.4, 0.5) is 0 Å². The highest BCUT2D eigenvalue weighted by Crippen LogP contribution is 2.21. The van der Waals surface area contributed by atoms with Gasteiger partial charge in [-0.2, -0.15) is 5.10 Å². The van der Waals surface area contributed by atoms with Crippen LogP contribution in [0.1, 0.15) is 41.6 Å². The molecule has 0 aliphatic carbocycles. The number of hydrogen-bond acceptors (Lipinski definition) is 4. The average Bonchev–Trinajstić information content (AvgIpc) is 3.16. The van der Waals surface area contributed by atoms with Crippen LogP contribution in [0.25, 0.3) is 0 Å². The van der Waals surface area contributed by atoms with Crippen LogP contribution in [0.3, 0.4) is 0 Å². The molecule has 118 valence electrons. The Kier molecular flexibility index (Phi) is 4.44. The molecule has 2 aromatic heterocycles. The van der Waals surface area contributed by atoms with Crippen molar-refractivity contribution in [3.8, 4) is 0 Å². The summed E-state index contributed by atoms with van der Waals surface area (Å²) in [4.78, 5) is 21.5. The van der Waals surface area contributed by atoms with Gasteiger partial charge in [0.25, 0.3) is 5.91 Å². The molecule has 2 aromatic rings. The predicted octanol–water partition coefficient (Wildman–Crippen LogP) is 1.95. The van der Waals surface area contributed by atoms with Crippen molar-refractivity contribution in [2.45, 2.75) is 25.9 Å². The number of morpholine rings is 1. The van der Waals surface area contributed by atoms with Gasteiger partial charge in [0.1, 0.15) is 17.6 Å². The monoisotopic (exact) mass is 323 g/mol. The first kappa shape index (κ1) is 15.1. The summed E-state index contributed by atoms with van der Waals surface area (Å²) < 4.78 is 5.70. The molecular formula is C14H18ClN5O2. The lowest BCUT2D eigenvalue weighted by Gasteiger charge is -2.31. The number of nitrogens with one attached hydrogen (secondary N) is 2. The highest BCUT2D eigenvalue weighted by molar-refractivity contribution is 6.30. The lowest BCUT2D eigenvalue weighted by Crippen LogP contribution is -2.42. The maximum absolute atomic E-state index is 12.4. The number of carbonyl (C=O) groups is 1. The van der Waals surface area contributed by atoms with Gasteiger partial charge < -0.3 is 14.6 Å². The van der Waals surface area contributed by atoms with E-state index < -0.39 is 0 Å². The fraction of sp³-hybridized carbons (Fsp3) is 0.500. The van der Waals surface area contributed by atoms with E-state index in [4.69, 9.17) is 16.3 Å². The van der Waals surface area contributed by atoms with E-state index in [-0.39, 0.29) is 12.0 Å². The van der Waals surface area contributed by atoms with E-state index in [1.807, 2.05) is 0 Å². The maximum atomic E-state index is 12.4. The summed E-state index contributed by atoms with van der Waals surface area (Å²) in [5.74, 6) is 1.36. The van der Waals surface area contributed by atoms with E-state index in [0.717, 1.165) is 18.7 Å². The van der Waals surface area contributed by atoms with E-state index >= 15 is 0 Å². The van der Waals surface area contributed by atoms with E-state index in [0.29, 0.717) is 36.2 Å². The van der Waals surface area contributed by atoms with Gasteiger partial charge in [0, 0.05) is 19.2 Å². The number of ether oxygens (including phenoxy) is 1. The van der Waals surface area contributed by atoms with Crippen molar-refractivity contribution in [1.29, 1.82) is 0 Å². The van der Waals surface area contributed by atoms with Gasteiger partial charge >= 0.3 is 0 Å². The minimum absolute atomic E-state index is 0.0930. The van der Waals surface area contributed by atoms with Crippen molar-refractivity contribution in [2.75, 3.05) is 19.7 Å². The van der Waals surface area contributed by atoms with E-state index in [9.17, 15) is 4.79 Å². The first-order chi connectivity index (χ1) is 10.7. The predicted molar refractivity (Wildman–Crippen MR) is 80.8 cm³/mol. The van der Waals surface area contributed by atoms with Crippen molar-refractivity contribution in [3.63, 3.8) is 0 Å². The van der Waals surface area contributed by atoms with Crippen LogP contribution in [0, 0.1) is 0 Å². The van der Waals surface area contributed by atoms with Crippen molar-refractivity contribution >= 4 is 17.5 Å². The summed E-state index contributed by atoms with van der Waals surface area (Å²) in [5, 5.41) is 7.64. The number of aromatic amines is 2. The summed E-state index contributed by atoms with van der Waals surface area (Å²) in [6.45, 7) is 3.51. The van der Waals surface area contributed by atoms with Gasteiger partial charge in [0.15, 0.2) is 5.82 Å². The van der Waals surface area contributed by atoms with Crippen molar-refractivity contribution in [1.82, 2.24) is 25.1 Å². The van der Waals surface area contributed by atoms with Crippen molar-refractivity contribution in [3.05, 3.63) is 34.6 Å². The number of aryl methyl sites for hydroxylation is 1. The van der Waals surface area contributed by atoms with Crippen LogP contribution in [0.5, 0.6) is 0 Å². The SMILES string of the molecule is CCCc1nc([C@@H]2CN(C(=O)c3cc(Cl)c[nH]3)CCO2)n[nH]1. The van der Waals surface area contributed by atoms with Crippen LogP contribution in [-0.4, -0.2) is 50.7 Å². The van der Waals surface area contributed by atoms with Gasteiger partial charge in [-0.15, -0.1) is 0 Å². The van der Waals surface area contributed by atoms with Gasteiger partial charge in [-0.1, -0.05) is 18.5 Å². The quantitative estimate of drug-likeness (QED) is 0.900. The summed E-state index contributed by atoms with van der Waals surface area (Å²) in [7, 11) is 0. The standard InChI is InChI=1S/C14H18ClN5O2/c1-2-3-12-17-13(19-18-12)11-8-20(4-5-22-11)14(21)10-6-9(15)7-16-10/h6-7,11,16H,2-5,8H2,1H3,(H,17,18,19)/t11-/m0/s1. The number of hydrogen-bond donors (Lipinski definition) is 2. The molecule has 0 aromatic carbocycles. The first-order valence-electron chi connectivity index (χ1n) is 7.33. The van der Waals surface area contributed by atoms with Crippen LogP contribution in [0.15, 0.2) is 12.3 Å². The normalized spacial score (nSPS) is 18.6. The largest absolute Gasteiger partial charge is 0.366 e. The van der Waals surface area contributed by atoms with Gasteiger partial charge in [0.05, 0.1) is 18.2 Å². The zero-order valence-corrected chi connectivity index (χ0v) is 13.1. The molecule has 2 N–H and O–H groups in total. The average molecular weight is 324 g/mol. The molecule has 1 atom stereocenters. The second-order valence-corrected chi connectivity index (χ2v) is 5.67. The molecule has 1 aliphatic rings. The summed E-state index contributed by atoms with van der Waals surface area (Å²) in [6.07, 6.45) is 3.14. The van der Waals surface area contributed by atoms with Crippen LogP contribution >= 0.6 is 11.6 Å². The Morgan fingerprint density at radius 1 is 1.59 bits per heavy atom. The van der Waals surface area contributed by atoms with E-state index in [1.54, 1.807) is 17.2 Å². The lowest BCUT2D eigenvalue weighted by molar-refractivity contribution is -0.0268. The number of H-pyrrole nitrogens is 2. The van der Waals surface area contributed by atoms with Crippen LogP contribution < -0.4 is 0 Å². The number of halogens is 1. The molecule has 7 nitrogen and oxygen atoms in total. The Hall–Kier alpha value is -1.86. The third-order valence-electron chi connectivity index (χ3n) is 3.56. The van der Waals surface area contributed by atoms with Crippen LogP contribution in [-0.2, 0) is 11.2 Å². The molecule has 1 aliphatic heterocycles. The molecule has 22 heavy (non-hydrogen) atoms. The molecule has 1 saturated heterocycles. The molecule has 3 heterocycles. The van der Waals surface area contributed by atoms with Gasteiger partial charge in [0.2, 0.25) is 0 Å². The number of aromatic nitrogens is 4. The molecule has 0 unspecified atom stereocenters. The molecular weight excluding hydrogens is 306 g/mol. The third-order valence-corrected chi connectivity index (χ3v) is 3.77. The molecule has 0 bridgehead atoms. The Labute approximate surface area is 133 Å². The smallest absolute Gasteiger partial charge is 0.270 e. The summed E-state index contributed by atoms with van der Waals surface area (Å²) in [5.41, 5.74) is 0.479. The fourth-order valence-electron chi connectivity index (χ4n) is 2.45. The Morgan fingerprint density at radius 2 is 2.45 bits per heavy atom. The first-order valence-corrected chi connectivity index (χ1v) is 7.71. The number of amides is 1. The lowest BCUT2D eigenvalue weighted by atomic mass is 10.2. The summed E-state index contributed by atoms with van der Waals surface area (Å²) >= 11 is 5.85. The Bertz CT molecular complexity index is 653. The zero-order chi connectivity index (χ0) is 15.5. The summed E-state index contributed by atoms with van der Waals surface area (Å²) in [6, 6.07) is 1.63. The Morgan fingerprint density at radius 3 is 3.18 bits per heavy atom. The topological polar surface area (TPSA) is 86.9 Å². The van der Waals surface area contributed by atoms with Crippen molar-refractivity contribution < 1.29 is 9.53 Å². The molecule has 1 amide bonds. The van der Waals surface area contributed by atoms with Crippen LogP contribution in [0.2, 0.25) is 5.02 Å². The third kappa shape index (κ3) is 3.15. The van der Waals surface area contributed by atoms with E-state index in [1.165, 1.54) is 0 Å². The Balaban J connectivity index is 1.69. The minimum atomic E-state index is -0.301. The molecule has 8 heteroatoms. The molecule has 0 spiro atoms. The molecule has 3 rings (SSSR count). The molecule has 1 fully saturated rings. The molecule has 0 saturated carbocycles. The highest BCUT2D eigenvalue weighted by Gasteiger charge is 2.29. The zero-order valence-electron chi connectivity index (χ0n) is 12.3. The van der Waals surface area contributed by atoms with E-state index in [2.05, 4.69) is 27.1 Å². The van der Waals surface area contributed by atoms with Gasteiger partial charge in [-0.25, -0.2) is 4.98 Å². The van der Waals surface area contributed by atoms with Crippen molar-refractivity contribution in [2.24, 2.45) is 0 Å². The maximum Gasteiger partial charge on any atom is 0.270 e. The van der Waals surface area contributed by atoms with Gasteiger partial charge in [-0.05, 0) is 12.5 Å². The number of rotatable bonds is 4. The number of carbonyl (C=O) groups excluding carboxylic acids is 1. The minimum Gasteiger partial charge on any atom is -0.366 e. The second-order valence-electron chi connectivity index (χ2n) is 5.23. The second kappa shape index (κ2) is 6.50. The molecule has 0 radical (unpaired) electrons. The number of nitrogens with zero attached hydrogens (tertiary/aromatic N) is 3.